The molecule has 0 fully saturated rings. The Balaban J connectivity index is 2.67. The van der Waals surface area contributed by atoms with Crippen molar-refractivity contribution in [2.45, 2.75) is 37.1 Å². The van der Waals surface area contributed by atoms with Crippen molar-refractivity contribution >= 4 is 21.4 Å². The first-order valence-electron chi connectivity index (χ1n) is 6.65. The molecule has 0 saturated heterocycles. The lowest BCUT2D eigenvalue weighted by atomic mass is 10.4. The molecule has 0 saturated carbocycles. The highest BCUT2D eigenvalue weighted by Gasteiger charge is 2.22. The van der Waals surface area contributed by atoms with Gasteiger partial charge in [-0.2, -0.15) is 0 Å². The molecule has 0 bridgehead atoms. The van der Waals surface area contributed by atoms with Crippen molar-refractivity contribution in [2.75, 3.05) is 27.3 Å². The number of methoxy groups -OCH3 is 1. The molecule has 1 N–H and O–H groups in total. The first-order chi connectivity index (χ1) is 9.37. The Morgan fingerprint density at radius 1 is 1.40 bits per heavy atom. The third kappa shape index (κ3) is 5.14. The van der Waals surface area contributed by atoms with E-state index in [0.717, 1.165) is 4.88 Å². The molecule has 1 heterocycles. The third-order valence-corrected chi connectivity index (χ3v) is 6.22. The van der Waals surface area contributed by atoms with Crippen molar-refractivity contribution < 1.29 is 13.2 Å². The van der Waals surface area contributed by atoms with Gasteiger partial charge in [0.2, 0.25) is 0 Å². The molecule has 0 radical (unpaired) electrons. The molecule has 1 aromatic heterocycles. The zero-order valence-electron chi connectivity index (χ0n) is 12.5. The molecule has 0 atom stereocenters. The molecular weight excluding hydrogens is 296 g/mol. The van der Waals surface area contributed by atoms with Crippen LogP contribution in [0.2, 0.25) is 0 Å². The number of hydrogen-bond donors (Lipinski definition) is 1. The molecule has 1 aromatic rings. The summed E-state index contributed by atoms with van der Waals surface area (Å²) in [6, 6.07) is 3.94. The summed E-state index contributed by atoms with van der Waals surface area (Å²) in [4.78, 5) is 1.03. The second kappa shape index (κ2) is 8.09. The Labute approximate surface area is 126 Å². The molecule has 0 amide bonds. The van der Waals surface area contributed by atoms with E-state index < -0.39 is 10.0 Å². The fraction of sp³-hybridized carbons (Fsp3) is 0.692. The minimum Gasteiger partial charge on any atom is -0.385 e. The van der Waals surface area contributed by atoms with Crippen LogP contribution in [0.15, 0.2) is 16.3 Å². The smallest absolute Gasteiger partial charge is 0.252 e. The van der Waals surface area contributed by atoms with Crippen LogP contribution in [0.25, 0.3) is 0 Å². The van der Waals surface area contributed by atoms with Gasteiger partial charge in [-0.1, -0.05) is 13.8 Å². The predicted molar refractivity (Wildman–Crippen MR) is 82.6 cm³/mol. The first kappa shape index (κ1) is 17.6. The van der Waals surface area contributed by atoms with Crippen LogP contribution in [0.1, 0.15) is 25.1 Å². The molecule has 0 aromatic carbocycles. The molecule has 0 unspecified atom stereocenters. The summed E-state index contributed by atoms with van der Waals surface area (Å²) in [5.41, 5.74) is 0. The van der Waals surface area contributed by atoms with Crippen molar-refractivity contribution in [1.82, 2.24) is 9.62 Å². The zero-order valence-corrected chi connectivity index (χ0v) is 14.2. The Morgan fingerprint density at radius 3 is 2.70 bits per heavy atom. The molecule has 0 aliphatic rings. The summed E-state index contributed by atoms with van der Waals surface area (Å²) in [5.74, 6) is 0. The highest BCUT2D eigenvalue weighted by Crippen LogP contribution is 2.24. The van der Waals surface area contributed by atoms with Crippen LogP contribution in [-0.2, 0) is 21.3 Å². The van der Waals surface area contributed by atoms with Gasteiger partial charge < -0.3 is 10.1 Å². The molecular formula is C13H24N2O3S2. The average molecular weight is 320 g/mol. The molecule has 7 heteroatoms. The van der Waals surface area contributed by atoms with Crippen molar-refractivity contribution in [2.24, 2.45) is 0 Å². The van der Waals surface area contributed by atoms with Gasteiger partial charge in [0.25, 0.3) is 10.0 Å². The summed E-state index contributed by atoms with van der Waals surface area (Å²) in [5, 5.41) is 3.28. The number of rotatable bonds is 9. The number of hydrogen-bond acceptors (Lipinski definition) is 5. The van der Waals surface area contributed by atoms with Crippen LogP contribution in [0.3, 0.4) is 0 Å². The minimum absolute atomic E-state index is 0.383. The number of nitrogens with zero attached hydrogens (tertiary/aromatic N) is 1. The Kier molecular flexibility index (Phi) is 7.11. The van der Waals surface area contributed by atoms with Crippen LogP contribution < -0.4 is 5.32 Å². The third-order valence-electron chi connectivity index (χ3n) is 2.81. The topological polar surface area (TPSA) is 58.6 Å². The van der Waals surface area contributed by atoms with Gasteiger partial charge in [-0.05, 0) is 18.6 Å². The first-order valence-corrected chi connectivity index (χ1v) is 8.91. The monoisotopic (exact) mass is 320 g/mol. The fourth-order valence-corrected chi connectivity index (χ4v) is 4.33. The summed E-state index contributed by atoms with van der Waals surface area (Å²) >= 11 is 1.33. The second-order valence-electron chi connectivity index (χ2n) is 4.93. The zero-order chi connectivity index (χ0) is 15.2. The normalized spacial score (nSPS) is 12.5. The highest BCUT2D eigenvalue weighted by atomic mass is 32.2. The van der Waals surface area contributed by atoms with E-state index in [1.165, 1.54) is 15.6 Å². The van der Waals surface area contributed by atoms with Gasteiger partial charge >= 0.3 is 0 Å². The highest BCUT2D eigenvalue weighted by molar-refractivity contribution is 7.91. The molecule has 116 valence electrons. The van der Waals surface area contributed by atoms with Crippen LogP contribution >= 0.6 is 11.3 Å². The minimum atomic E-state index is -3.37. The molecule has 1 rings (SSSR count). The van der Waals surface area contributed by atoms with E-state index in [0.29, 0.717) is 36.4 Å². The van der Waals surface area contributed by atoms with E-state index >= 15 is 0 Å². The molecule has 0 aliphatic carbocycles. The Morgan fingerprint density at radius 2 is 2.10 bits per heavy atom. The van der Waals surface area contributed by atoms with E-state index in [2.05, 4.69) is 19.2 Å². The average Bonchev–Trinajstić information content (AvgIpc) is 2.86. The van der Waals surface area contributed by atoms with E-state index in [1.807, 2.05) is 6.07 Å². The van der Waals surface area contributed by atoms with Crippen molar-refractivity contribution in [3.05, 3.63) is 17.0 Å². The lowest BCUT2D eigenvalue weighted by Gasteiger charge is -2.15. The van der Waals surface area contributed by atoms with Gasteiger partial charge in [0.05, 0.1) is 0 Å². The fourth-order valence-electron chi connectivity index (χ4n) is 1.60. The maximum Gasteiger partial charge on any atom is 0.252 e. The van der Waals surface area contributed by atoms with Gasteiger partial charge in [-0.15, -0.1) is 11.3 Å². The second-order valence-corrected chi connectivity index (χ2v) is 8.37. The standard InChI is InChI=1S/C13H24N2O3S2/c1-11(2)14-10-12-6-7-13(19-12)20(16,17)15(3)8-5-9-18-4/h6-7,11,14H,5,8-10H2,1-4H3. The summed E-state index contributed by atoms with van der Waals surface area (Å²) in [6.45, 7) is 5.86. The van der Waals surface area contributed by atoms with Gasteiger partial charge in [0.15, 0.2) is 0 Å². The van der Waals surface area contributed by atoms with Crippen molar-refractivity contribution in [1.29, 1.82) is 0 Å². The summed E-state index contributed by atoms with van der Waals surface area (Å²) in [7, 11) is -0.148. The lowest BCUT2D eigenvalue weighted by molar-refractivity contribution is 0.189. The number of nitrogens with one attached hydrogen (secondary N) is 1. The molecule has 0 spiro atoms. The number of thiophene rings is 1. The molecule has 20 heavy (non-hydrogen) atoms. The maximum absolute atomic E-state index is 12.4. The van der Waals surface area contributed by atoms with E-state index in [1.54, 1.807) is 20.2 Å². The van der Waals surface area contributed by atoms with E-state index in [9.17, 15) is 8.42 Å². The predicted octanol–water partition coefficient (Wildman–Crippen LogP) is 1.90. The number of ether oxygens (including phenoxy) is 1. The van der Waals surface area contributed by atoms with Gasteiger partial charge in [-0.3, -0.25) is 0 Å². The van der Waals surface area contributed by atoms with Crippen LogP contribution in [-0.4, -0.2) is 46.1 Å². The lowest BCUT2D eigenvalue weighted by Crippen LogP contribution is -2.28. The SMILES string of the molecule is COCCCN(C)S(=O)(=O)c1ccc(CNC(C)C)s1. The van der Waals surface area contributed by atoms with E-state index in [4.69, 9.17) is 4.74 Å². The van der Waals surface area contributed by atoms with Crippen LogP contribution in [0.5, 0.6) is 0 Å². The number of sulfonamides is 1. The quantitative estimate of drug-likeness (QED) is 0.706. The Hall–Kier alpha value is -0.470. The van der Waals surface area contributed by atoms with E-state index in [-0.39, 0.29) is 0 Å². The maximum atomic E-state index is 12.4. The van der Waals surface area contributed by atoms with Crippen LogP contribution in [0.4, 0.5) is 0 Å². The van der Waals surface area contributed by atoms with Crippen LogP contribution in [0, 0.1) is 0 Å². The largest absolute Gasteiger partial charge is 0.385 e. The van der Waals surface area contributed by atoms with Gasteiger partial charge in [-0.25, -0.2) is 12.7 Å². The van der Waals surface area contributed by atoms with Crippen molar-refractivity contribution in [3.63, 3.8) is 0 Å². The molecule has 0 aliphatic heterocycles. The summed E-state index contributed by atoms with van der Waals surface area (Å²) in [6.07, 6.45) is 0.694. The molecule has 5 nitrogen and oxygen atoms in total. The van der Waals surface area contributed by atoms with Gasteiger partial charge in [0.1, 0.15) is 4.21 Å². The van der Waals surface area contributed by atoms with Crippen molar-refractivity contribution in [3.8, 4) is 0 Å². The Bertz CT molecular complexity index is 497. The van der Waals surface area contributed by atoms with Gasteiger partial charge in [0, 0.05) is 44.8 Å². The summed E-state index contributed by atoms with van der Waals surface area (Å²) < 4.78 is 31.4.